The van der Waals surface area contributed by atoms with E-state index in [4.69, 9.17) is 4.74 Å². The molecule has 2 aromatic carbocycles. The maximum absolute atomic E-state index is 11.3. The summed E-state index contributed by atoms with van der Waals surface area (Å²) in [7, 11) is 0. The van der Waals surface area contributed by atoms with E-state index in [1.54, 1.807) is 12.1 Å². The Hall–Kier alpha value is -3.29. The van der Waals surface area contributed by atoms with Gasteiger partial charge in [-0.2, -0.15) is 0 Å². The fraction of sp³-hybridized carbons (Fsp3) is 0.133. The van der Waals surface area contributed by atoms with Gasteiger partial charge in [-0.25, -0.2) is 0 Å². The van der Waals surface area contributed by atoms with Crippen LogP contribution in [0.1, 0.15) is 6.92 Å². The largest absolute Gasteiger partial charge is 0.494 e. The van der Waals surface area contributed by atoms with Crippen molar-refractivity contribution in [3.8, 4) is 11.8 Å². The standard InChI is InChI=1S/C15H12N4O4/c1-10(20)9-18-15(16-14(17-18)19(21)22)23-13-7-6-11-4-2-3-5-12(11)8-13/h2-8H,9H2,1H3. The zero-order valence-corrected chi connectivity index (χ0v) is 12.2. The Labute approximate surface area is 130 Å². The van der Waals surface area contributed by atoms with E-state index >= 15 is 0 Å². The summed E-state index contributed by atoms with van der Waals surface area (Å²) in [5, 5.41) is 16.5. The molecule has 116 valence electrons. The summed E-state index contributed by atoms with van der Waals surface area (Å²) in [6, 6.07) is 13.0. The number of Topliss-reactive ketones (excluding diaryl/α,β-unsaturated/α-hetero) is 1. The summed E-state index contributed by atoms with van der Waals surface area (Å²) in [5.41, 5.74) is 0. The molecule has 0 saturated heterocycles. The average molecular weight is 312 g/mol. The third-order valence-corrected chi connectivity index (χ3v) is 3.09. The summed E-state index contributed by atoms with van der Waals surface area (Å²) in [6.45, 7) is 1.21. The topological polar surface area (TPSA) is 100 Å². The summed E-state index contributed by atoms with van der Waals surface area (Å²) < 4.78 is 6.66. The molecule has 0 N–H and O–H groups in total. The zero-order valence-electron chi connectivity index (χ0n) is 12.2. The first kappa shape index (κ1) is 14.6. The van der Waals surface area contributed by atoms with Gasteiger partial charge < -0.3 is 14.9 Å². The Morgan fingerprint density at radius 1 is 1.26 bits per heavy atom. The van der Waals surface area contributed by atoms with Crippen molar-refractivity contribution < 1.29 is 14.5 Å². The van der Waals surface area contributed by atoms with Gasteiger partial charge in [0.2, 0.25) is 0 Å². The van der Waals surface area contributed by atoms with Gasteiger partial charge >= 0.3 is 12.0 Å². The second kappa shape index (κ2) is 5.84. The van der Waals surface area contributed by atoms with Gasteiger partial charge in [-0.15, -0.1) is 4.68 Å². The first-order valence-electron chi connectivity index (χ1n) is 6.78. The minimum atomic E-state index is -0.732. The molecule has 1 aromatic heterocycles. The maximum atomic E-state index is 11.3. The zero-order chi connectivity index (χ0) is 16.4. The van der Waals surface area contributed by atoms with Crippen molar-refractivity contribution in [1.82, 2.24) is 14.8 Å². The number of rotatable bonds is 5. The van der Waals surface area contributed by atoms with Crippen molar-refractivity contribution in [2.24, 2.45) is 0 Å². The van der Waals surface area contributed by atoms with Crippen LogP contribution in [0.2, 0.25) is 0 Å². The predicted octanol–water partition coefficient (Wildman–Crippen LogP) is 2.72. The highest BCUT2D eigenvalue weighted by atomic mass is 16.6. The van der Waals surface area contributed by atoms with Gasteiger partial charge in [0.05, 0.1) is 0 Å². The van der Waals surface area contributed by atoms with Crippen LogP contribution in [0.3, 0.4) is 0 Å². The van der Waals surface area contributed by atoms with Crippen LogP contribution in [0.4, 0.5) is 5.95 Å². The molecule has 0 aliphatic rings. The molecule has 8 heteroatoms. The number of carbonyl (C=O) groups is 1. The first-order chi connectivity index (χ1) is 11.0. The van der Waals surface area contributed by atoms with E-state index in [-0.39, 0.29) is 18.3 Å². The smallest absolute Gasteiger partial charge is 0.411 e. The SMILES string of the molecule is CC(=O)Cn1nc([N+](=O)[O-])nc1Oc1ccc2ccccc2c1. The lowest BCUT2D eigenvalue weighted by Gasteiger charge is -2.04. The van der Waals surface area contributed by atoms with Crippen LogP contribution in [0.15, 0.2) is 42.5 Å². The highest BCUT2D eigenvalue weighted by Gasteiger charge is 2.24. The summed E-state index contributed by atoms with van der Waals surface area (Å²) in [4.78, 5) is 25.0. The third-order valence-electron chi connectivity index (χ3n) is 3.09. The van der Waals surface area contributed by atoms with Gasteiger partial charge in [-0.1, -0.05) is 30.3 Å². The Kier molecular flexibility index (Phi) is 3.71. The van der Waals surface area contributed by atoms with Crippen molar-refractivity contribution >= 4 is 22.5 Å². The van der Waals surface area contributed by atoms with Crippen molar-refractivity contribution in [2.45, 2.75) is 13.5 Å². The van der Waals surface area contributed by atoms with Gasteiger partial charge in [0.25, 0.3) is 0 Å². The van der Waals surface area contributed by atoms with Crippen LogP contribution in [0.5, 0.6) is 11.8 Å². The second-order valence-electron chi connectivity index (χ2n) is 4.92. The van der Waals surface area contributed by atoms with Gasteiger partial charge in [0.1, 0.15) is 12.3 Å². The van der Waals surface area contributed by atoms with Crippen LogP contribution >= 0.6 is 0 Å². The quantitative estimate of drug-likeness (QED) is 0.530. The number of ketones is 1. The minimum Gasteiger partial charge on any atom is -0.411 e. The highest BCUT2D eigenvalue weighted by Crippen LogP contribution is 2.25. The summed E-state index contributed by atoms with van der Waals surface area (Å²) >= 11 is 0. The summed E-state index contributed by atoms with van der Waals surface area (Å²) in [6.07, 6.45) is 0. The number of nitrogens with zero attached hydrogens (tertiary/aromatic N) is 4. The van der Waals surface area contributed by atoms with E-state index < -0.39 is 10.9 Å². The number of aromatic nitrogens is 3. The van der Waals surface area contributed by atoms with Crippen molar-refractivity contribution in [3.63, 3.8) is 0 Å². The molecule has 0 atom stereocenters. The molecular formula is C15H12N4O4. The molecule has 3 aromatic rings. The molecule has 0 aliphatic heterocycles. The van der Waals surface area contributed by atoms with E-state index in [2.05, 4.69) is 10.1 Å². The van der Waals surface area contributed by atoms with Crippen LogP contribution in [-0.4, -0.2) is 25.5 Å². The van der Waals surface area contributed by atoms with Gasteiger partial charge in [0.15, 0.2) is 5.78 Å². The lowest BCUT2D eigenvalue weighted by molar-refractivity contribution is -0.394. The van der Waals surface area contributed by atoms with E-state index in [0.29, 0.717) is 5.75 Å². The number of ether oxygens (including phenoxy) is 1. The second-order valence-corrected chi connectivity index (χ2v) is 4.92. The lowest BCUT2D eigenvalue weighted by atomic mass is 10.1. The molecular weight excluding hydrogens is 300 g/mol. The normalized spacial score (nSPS) is 10.7. The monoisotopic (exact) mass is 312 g/mol. The van der Waals surface area contributed by atoms with Crippen LogP contribution < -0.4 is 4.74 Å². The third kappa shape index (κ3) is 3.15. The van der Waals surface area contributed by atoms with Crippen LogP contribution in [-0.2, 0) is 11.3 Å². The molecule has 0 fully saturated rings. The van der Waals surface area contributed by atoms with E-state index in [9.17, 15) is 14.9 Å². The number of fused-ring (bicyclic) bond motifs is 1. The Morgan fingerprint density at radius 3 is 2.70 bits per heavy atom. The van der Waals surface area contributed by atoms with Crippen molar-refractivity contribution in [1.29, 1.82) is 0 Å². The van der Waals surface area contributed by atoms with E-state index in [0.717, 1.165) is 15.5 Å². The molecule has 23 heavy (non-hydrogen) atoms. The number of hydrogen-bond donors (Lipinski definition) is 0. The minimum absolute atomic E-state index is 0.0952. The average Bonchev–Trinajstić information content (AvgIpc) is 2.89. The van der Waals surface area contributed by atoms with Crippen molar-refractivity contribution in [2.75, 3.05) is 0 Å². The molecule has 0 amide bonds. The van der Waals surface area contributed by atoms with Gasteiger partial charge in [-0.05, 0) is 39.7 Å². The van der Waals surface area contributed by atoms with Crippen molar-refractivity contribution in [3.05, 3.63) is 52.6 Å². The van der Waals surface area contributed by atoms with Crippen LogP contribution in [0, 0.1) is 10.1 Å². The first-order valence-corrected chi connectivity index (χ1v) is 6.78. The molecule has 0 aliphatic carbocycles. The molecule has 8 nitrogen and oxygen atoms in total. The van der Waals surface area contributed by atoms with E-state index in [1.807, 2.05) is 30.3 Å². The number of nitro groups is 1. The Morgan fingerprint density at radius 2 is 2.00 bits per heavy atom. The fourth-order valence-corrected chi connectivity index (χ4v) is 2.12. The molecule has 0 radical (unpaired) electrons. The van der Waals surface area contributed by atoms with Crippen LogP contribution in [0.25, 0.3) is 10.8 Å². The fourth-order valence-electron chi connectivity index (χ4n) is 2.12. The number of benzene rings is 2. The molecule has 3 rings (SSSR count). The number of carbonyl (C=O) groups excluding carboxylic acids is 1. The maximum Gasteiger partial charge on any atom is 0.494 e. The number of hydrogen-bond acceptors (Lipinski definition) is 6. The predicted molar refractivity (Wildman–Crippen MR) is 81.4 cm³/mol. The highest BCUT2D eigenvalue weighted by molar-refractivity contribution is 5.83. The molecule has 1 heterocycles. The molecule has 0 bridgehead atoms. The lowest BCUT2D eigenvalue weighted by Crippen LogP contribution is -2.09. The van der Waals surface area contributed by atoms with Gasteiger partial charge in [0, 0.05) is 5.10 Å². The Balaban J connectivity index is 1.96. The molecule has 0 unspecified atom stereocenters. The molecule has 0 spiro atoms. The van der Waals surface area contributed by atoms with Gasteiger partial charge in [-0.3, -0.25) is 4.79 Å². The van der Waals surface area contributed by atoms with E-state index in [1.165, 1.54) is 6.92 Å². The molecule has 0 saturated carbocycles. The Bertz CT molecular complexity index is 903. The summed E-state index contributed by atoms with van der Waals surface area (Å²) in [5.74, 6) is -0.369.